The minimum Gasteiger partial charge on any atom is -0.481 e. The zero-order chi connectivity index (χ0) is 13.5. The highest BCUT2D eigenvalue weighted by atomic mass is 32.2. The van der Waals surface area contributed by atoms with Gasteiger partial charge < -0.3 is 14.9 Å². The topological polar surface area (TPSA) is 60.9 Å². The van der Waals surface area contributed by atoms with E-state index in [0.29, 0.717) is 18.8 Å². The third-order valence-electron chi connectivity index (χ3n) is 2.84. The van der Waals surface area contributed by atoms with Gasteiger partial charge in [-0.15, -0.1) is 0 Å². The van der Waals surface area contributed by atoms with Crippen LogP contribution in [0.15, 0.2) is 0 Å². The fourth-order valence-corrected chi connectivity index (χ4v) is 3.34. The largest absolute Gasteiger partial charge is 0.481 e. The zero-order valence-corrected chi connectivity index (χ0v) is 12.4. The molecule has 0 saturated carbocycles. The SMILES string of the molecule is CSCCN(C)C(=O)N1CCSCC1CC(=O)O. The maximum Gasteiger partial charge on any atom is 0.320 e. The molecule has 0 aromatic heterocycles. The molecule has 1 aliphatic heterocycles. The smallest absolute Gasteiger partial charge is 0.320 e. The Morgan fingerprint density at radius 1 is 1.56 bits per heavy atom. The van der Waals surface area contributed by atoms with Crippen molar-refractivity contribution in [3.05, 3.63) is 0 Å². The van der Waals surface area contributed by atoms with Crippen molar-refractivity contribution in [3.8, 4) is 0 Å². The molecule has 0 spiro atoms. The summed E-state index contributed by atoms with van der Waals surface area (Å²) in [6.45, 7) is 1.34. The molecule has 1 rings (SSSR count). The average Bonchev–Trinajstić information content (AvgIpc) is 2.35. The number of hydrogen-bond donors (Lipinski definition) is 1. The van der Waals surface area contributed by atoms with Gasteiger partial charge in [-0.3, -0.25) is 4.79 Å². The summed E-state index contributed by atoms with van der Waals surface area (Å²) in [5, 5.41) is 8.88. The van der Waals surface area contributed by atoms with Crippen LogP contribution in [0.1, 0.15) is 6.42 Å². The number of carbonyl (C=O) groups excluding carboxylic acids is 1. The summed E-state index contributed by atoms with van der Waals surface area (Å²) in [5.41, 5.74) is 0. The van der Waals surface area contributed by atoms with Gasteiger partial charge in [-0.05, 0) is 6.26 Å². The van der Waals surface area contributed by atoms with Gasteiger partial charge in [0.1, 0.15) is 0 Å². The van der Waals surface area contributed by atoms with E-state index in [2.05, 4.69) is 0 Å². The summed E-state index contributed by atoms with van der Waals surface area (Å²) in [7, 11) is 1.78. The Hall–Kier alpha value is -0.560. The molecule has 1 saturated heterocycles. The number of nitrogens with zero attached hydrogens (tertiary/aromatic N) is 2. The number of amides is 2. The summed E-state index contributed by atoms with van der Waals surface area (Å²) in [4.78, 5) is 26.4. The van der Waals surface area contributed by atoms with E-state index >= 15 is 0 Å². The van der Waals surface area contributed by atoms with Gasteiger partial charge in [0.15, 0.2) is 0 Å². The van der Waals surface area contributed by atoms with E-state index in [9.17, 15) is 9.59 Å². The van der Waals surface area contributed by atoms with Gasteiger partial charge in [-0.1, -0.05) is 0 Å². The fourth-order valence-electron chi connectivity index (χ4n) is 1.82. The fraction of sp³-hybridized carbons (Fsp3) is 0.818. The lowest BCUT2D eigenvalue weighted by Crippen LogP contribution is -2.52. The normalized spacial score (nSPS) is 19.7. The van der Waals surface area contributed by atoms with Gasteiger partial charge in [0.05, 0.1) is 12.5 Å². The quantitative estimate of drug-likeness (QED) is 0.827. The van der Waals surface area contributed by atoms with E-state index in [1.807, 2.05) is 6.26 Å². The van der Waals surface area contributed by atoms with Crippen molar-refractivity contribution in [2.75, 3.05) is 43.7 Å². The standard InChI is InChI=1S/C11H20N2O3S2/c1-12(3-5-17-2)11(16)13-4-6-18-8-9(13)7-10(14)15/h9H,3-8H2,1-2H3,(H,14,15). The number of rotatable bonds is 5. The lowest BCUT2D eigenvalue weighted by atomic mass is 10.2. The van der Waals surface area contributed by atoms with Crippen LogP contribution in [0.3, 0.4) is 0 Å². The highest BCUT2D eigenvalue weighted by molar-refractivity contribution is 7.99. The number of urea groups is 1. The average molecular weight is 292 g/mol. The second-order valence-electron chi connectivity index (χ2n) is 4.22. The second-order valence-corrected chi connectivity index (χ2v) is 6.35. The van der Waals surface area contributed by atoms with Crippen LogP contribution >= 0.6 is 23.5 Å². The van der Waals surface area contributed by atoms with E-state index in [-0.39, 0.29) is 18.5 Å². The van der Waals surface area contributed by atoms with Crippen LogP contribution in [0.5, 0.6) is 0 Å². The predicted molar refractivity (Wildman–Crippen MR) is 76.5 cm³/mol. The molecule has 1 N–H and O–H groups in total. The van der Waals surface area contributed by atoms with Crippen LogP contribution in [0.25, 0.3) is 0 Å². The Morgan fingerprint density at radius 3 is 2.89 bits per heavy atom. The van der Waals surface area contributed by atoms with E-state index in [4.69, 9.17) is 5.11 Å². The van der Waals surface area contributed by atoms with Crippen LogP contribution in [-0.4, -0.2) is 76.6 Å². The van der Waals surface area contributed by atoms with Gasteiger partial charge in [-0.25, -0.2) is 4.79 Å². The molecule has 1 unspecified atom stereocenters. The first-order valence-corrected chi connectivity index (χ1v) is 8.41. The van der Waals surface area contributed by atoms with E-state index < -0.39 is 5.97 Å². The molecule has 2 amide bonds. The van der Waals surface area contributed by atoms with Gasteiger partial charge in [0.2, 0.25) is 0 Å². The number of carbonyl (C=O) groups is 2. The Kier molecular flexibility index (Phi) is 6.70. The third kappa shape index (κ3) is 4.61. The minimum absolute atomic E-state index is 0.0368. The Bertz CT molecular complexity index is 302. The van der Waals surface area contributed by atoms with Crippen LogP contribution in [0.4, 0.5) is 4.79 Å². The third-order valence-corrected chi connectivity index (χ3v) is 4.52. The van der Waals surface area contributed by atoms with Crippen LogP contribution in [0, 0.1) is 0 Å². The molecule has 1 fully saturated rings. The first-order valence-electron chi connectivity index (χ1n) is 5.86. The summed E-state index contributed by atoms with van der Waals surface area (Å²) in [5.74, 6) is 1.66. The minimum atomic E-state index is -0.841. The second kappa shape index (κ2) is 7.78. The molecule has 1 atom stereocenters. The molecule has 0 aliphatic carbocycles. The van der Waals surface area contributed by atoms with Crippen molar-refractivity contribution >= 4 is 35.5 Å². The van der Waals surface area contributed by atoms with Crippen molar-refractivity contribution in [2.24, 2.45) is 0 Å². The molecule has 7 heteroatoms. The first kappa shape index (κ1) is 15.5. The summed E-state index contributed by atoms with van der Waals surface area (Å²) in [6, 6.07) is -0.221. The summed E-state index contributed by atoms with van der Waals surface area (Å²) in [6.07, 6.45) is 2.04. The molecular formula is C11H20N2O3S2. The Morgan fingerprint density at radius 2 is 2.28 bits per heavy atom. The highest BCUT2D eigenvalue weighted by Gasteiger charge is 2.30. The molecule has 1 aliphatic rings. The van der Waals surface area contributed by atoms with E-state index in [1.165, 1.54) is 0 Å². The molecule has 5 nitrogen and oxygen atoms in total. The molecular weight excluding hydrogens is 272 g/mol. The molecule has 0 bridgehead atoms. The Labute approximate surface area is 116 Å². The molecule has 1 heterocycles. The lowest BCUT2D eigenvalue weighted by molar-refractivity contribution is -0.138. The number of thioether (sulfide) groups is 2. The first-order chi connectivity index (χ1) is 8.56. The van der Waals surface area contributed by atoms with Crippen LogP contribution < -0.4 is 0 Å². The van der Waals surface area contributed by atoms with Crippen LogP contribution in [-0.2, 0) is 4.79 Å². The van der Waals surface area contributed by atoms with Crippen molar-refractivity contribution in [2.45, 2.75) is 12.5 Å². The van der Waals surface area contributed by atoms with Crippen molar-refractivity contribution in [1.82, 2.24) is 9.80 Å². The van der Waals surface area contributed by atoms with Crippen LogP contribution in [0.2, 0.25) is 0 Å². The highest BCUT2D eigenvalue weighted by Crippen LogP contribution is 2.20. The molecule has 0 radical (unpaired) electrons. The zero-order valence-electron chi connectivity index (χ0n) is 10.8. The van der Waals surface area contributed by atoms with Gasteiger partial charge in [0, 0.05) is 37.4 Å². The van der Waals surface area contributed by atoms with Crippen molar-refractivity contribution in [1.29, 1.82) is 0 Å². The number of hydrogen-bond acceptors (Lipinski definition) is 4. The number of carboxylic acid groups (broad SMARTS) is 1. The molecule has 0 aromatic rings. The monoisotopic (exact) mass is 292 g/mol. The molecule has 104 valence electrons. The van der Waals surface area contributed by atoms with Gasteiger partial charge in [0.25, 0.3) is 0 Å². The van der Waals surface area contributed by atoms with Crippen molar-refractivity contribution < 1.29 is 14.7 Å². The summed E-state index contributed by atoms with van der Waals surface area (Å²) >= 11 is 3.41. The predicted octanol–water partition coefficient (Wildman–Crippen LogP) is 1.29. The maximum absolute atomic E-state index is 12.2. The Balaban J connectivity index is 2.58. The number of carboxylic acids is 1. The summed E-state index contributed by atoms with van der Waals surface area (Å²) < 4.78 is 0. The van der Waals surface area contributed by atoms with Crippen molar-refractivity contribution in [3.63, 3.8) is 0 Å². The molecule has 18 heavy (non-hydrogen) atoms. The lowest BCUT2D eigenvalue weighted by Gasteiger charge is -2.37. The van der Waals surface area contributed by atoms with E-state index in [0.717, 1.165) is 11.5 Å². The molecule has 0 aromatic carbocycles. The maximum atomic E-state index is 12.2. The van der Waals surface area contributed by atoms with Gasteiger partial charge >= 0.3 is 12.0 Å². The van der Waals surface area contributed by atoms with Gasteiger partial charge in [-0.2, -0.15) is 23.5 Å². The number of aliphatic carboxylic acids is 1. The van der Waals surface area contributed by atoms with E-state index in [1.54, 1.807) is 40.4 Å².